The van der Waals surface area contributed by atoms with Crippen molar-refractivity contribution in [2.24, 2.45) is 0 Å². The van der Waals surface area contributed by atoms with E-state index in [1.54, 1.807) is 0 Å². The molecule has 0 aliphatic carbocycles. The first-order chi connectivity index (χ1) is 25.7. The first kappa shape index (κ1) is 30.8. The van der Waals surface area contributed by atoms with E-state index in [-0.39, 0.29) is 0 Å². The zero-order valence-electron chi connectivity index (χ0n) is 28.0. The molecule has 6 aromatic carbocycles. The Morgan fingerprint density at radius 3 is 1.37 bits per heavy atom. The molecule has 0 N–H and O–H groups in total. The van der Waals surface area contributed by atoms with E-state index in [2.05, 4.69) is 71.7 Å². The van der Waals surface area contributed by atoms with Gasteiger partial charge in [0.1, 0.15) is 0 Å². The number of hydrogen-bond acceptors (Lipinski definition) is 6. The average molecular weight is 667 g/mol. The Hall–Kier alpha value is -7.18. The Kier molecular flexibility index (Phi) is 8.08. The Bertz CT molecular complexity index is 2600. The predicted octanol–water partition coefficient (Wildman–Crippen LogP) is 10.9. The van der Waals surface area contributed by atoms with Crippen LogP contribution in [0.15, 0.2) is 182 Å². The second-order valence-corrected chi connectivity index (χ2v) is 12.5. The molecule has 9 rings (SSSR count). The van der Waals surface area contributed by atoms with E-state index in [0.717, 1.165) is 66.7 Å². The molecule has 0 aliphatic heterocycles. The number of hydrogen-bond donors (Lipinski definition) is 0. The third kappa shape index (κ3) is 6.32. The summed E-state index contributed by atoms with van der Waals surface area (Å²) in [5, 5.41) is 2.21. The summed E-state index contributed by atoms with van der Waals surface area (Å²) >= 11 is 0. The van der Waals surface area contributed by atoms with E-state index in [1.165, 1.54) is 0 Å². The van der Waals surface area contributed by atoms with E-state index in [9.17, 15) is 0 Å². The molecule has 0 saturated carbocycles. The molecule has 0 radical (unpaired) electrons. The van der Waals surface area contributed by atoms with Crippen LogP contribution in [-0.4, -0.2) is 29.9 Å². The van der Waals surface area contributed by atoms with Crippen LogP contribution >= 0.6 is 0 Å². The Balaban J connectivity index is 1.08. The van der Waals surface area contributed by atoms with Crippen molar-refractivity contribution in [2.75, 3.05) is 0 Å². The minimum absolute atomic E-state index is 0.623. The van der Waals surface area contributed by atoms with Gasteiger partial charge in [-0.15, -0.1) is 0 Å². The molecule has 0 amide bonds. The largest absolute Gasteiger partial charge is 0.264 e. The van der Waals surface area contributed by atoms with Gasteiger partial charge in [0.05, 0.1) is 11.4 Å². The summed E-state index contributed by atoms with van der Waals surface area (Å²) in [6, 6.07) is 57.5. The molecule has 3 heterocycles. The summed E-state index contributed by atoms with van der Waals surface area (Å²) in [6.07, 6.45) is 3.70. The van der Waals surface area contributed by atoms with Crippen LogP contribution in [0.4, 0.5) is 0 Å². The lowest BCUT2D eigenvalue weighted by atomic mass is 9.99. The normalized spacial score (nSPS) is 11.1. The van der Waals surface area contributed by atoms with Gasteiger partial charge in [-0.1, -0.05) is 146 Å². The topological polar surface area (TPSA) is 77.3 Å². The molecule has 52 heavy (non-hydrogen) atoms. The van der Waals surface area contributed by atoms with E-state index in [4.69, 9.17) is 24.9 Å². The molecule has 6 heteroatoms. The van der Waals surface area contributed by atoms with Crippen molar-refractivity contribution in [3.63, 3.8) is 0 Å². The minimum atomic E-state index is 0.623. The number of rotatable bonds is 7. The summed E-state index contributed by atoms with van der Waals surface area (Å²) in [4.78, 5) is 29.0. The molecule has 6 nitrogen and oxygen atoms in total. The Morgan fingerprint density at radius 1 is 0.269 bits per heavy atom. The number of fused-ring (bicyclic) bond motifs is 1. The molecule has 3 aromatic heterocycles. The fourth-order valence-electron chi connectivity index (χ4n) is 6.31. The molecule has 0 spiro atoms. The highest BCUT2D eigenvalue weighted by Crippen LogP contribution is 2.32. The minimum Gasteiger partial charge on any atom is -0.264 e. The Morgan fingerprint density at radius 2 is 0.750 bits per heavy atom. The average Bonchev–Trinajstić information content (AvgIpc) is 3.24. The summed E-state index contributed by atoms with van der Waals surface area (Å²) in [7, 11) is 0. The van der Waals surface area contributed by atoms with Crippen molar-refractivity contribution in [1.29, 1.82) is 0 Å². The van der Waals surface area contributed by atoms with Crippen LogP contribution in [0.5, 0.6) is 0 Å². The standard InChI is InChI=1S/C46H30N6/c1-4-11-33(12-5-1)43-48-41(29-42(49-43)38-23-24-40-30-47-26-25-37(40)27-38)32-21-19-31(20-22-32)36-17-10-18-39(28-36)46-51-44(34-13-6-2-7-14-34)50-45(52-46)35-15-8-3-9-16-35/h1-30H. The van der Waals surface area contributed by atoms with Crippen molar-refractivity contribution in [3.05, 3.63) is 182 Å². The number of nitrogens with zero attached hydrogens (tertiary/aromatic N) is 6. The highest BCUT2D eigenvalue weighted by Gasteiger charge is 2.14. The zero-order chi connectivity index (χ0) is 34.7. The van der Waals surface area contributed by atoms with Crippen molar-refractivity contribution in [3.8, 4) is 79.2 Å². The third-order valence-corrected chi connectivity index (χ3v) is 9.03. The first-order valence-electron chi connectivity index (χ1n) is 17.1. The van der Waals surface area contributed by atoms with Crippen LogP contribution in [0.25, 0.3) is 90.0 Å². The van der Waals surface area contributed by atoms with E-state index in [1.807, 2.05) is 116 Å². The molecule has 244 valence electrons. The first-order valence-corrected chi connectivity index (χ1v) is 17.1. The molecule has 0 bridgehead atoms. The van der Waals surface area contributed by atoms with Crippen LogP contribution in [0.1, 0.15) is 0 Å². The third-order valence-electron chi connectivity index (χ3n) is 9.03. The zero-order valence-corrected chi connectivity index (χ0v) is 28.0. The highest BCUT2D eigenvalue weighted by atomic mass is 15.0. The molecule has 9 aromatic rings. The smallest absolute Gasteiger partial charge is 0.164 e. The van der Waals surface area contributed by atoms with Gasteiger partial charge in [0, 0.05) is 51.2 Å². The van der Waals surface area contributed by atoms with Gasteiger partial charge in [-0.3, -0.25) is 4.98 Å². The van der Waals surface area contributed by atoms with E-state index >= 15 is 0 Å². The molecule has 0 atom stereocenters. The monoisotopic (exact) mass is 666 g/mol. The van der Waals surface area contributed by atoms with Crippen LogP contribution in [0.2, 0.25) is 0 Å². The second-order valence-electron chi connectivity index (χ2n) is 12.5. The summed E-state index contributed by atoms with van der Waals surface area (Å²) < 4.78 is 0. The predicted molar refractivity (Wildman–Crippen MR) is 209 cm³/mol. The van der Waals surface area contributed by atoms with Gasteiger partial charge < -0.3 is 0 Å². The van der Waals surface area contributed by atoms with Gasteiger partial charge >= 0.3 is 0 Å². The highest BCUT2D eigenvalue weighted by molar-refractivity contribution is 5.87. The summed E-state index contributed by atoms with van der Waals surface area (Å²) in [5.41, 5.74) is 9.64. The quantitative estimate of drug-likeness (QED) is 0.168. The molecule has 0 aliphatic rings. The van der Waals surface area contributed by atoms with E-state index < -0.39 is 0 Å². The molecular formula is C46H30N6. The van der Waals surface area contributed by atoms with Gasteiger partial charge in [0.25, 0.3) is 0 Å². The number of pyridine rings is 1. The van der Waals surface area contributed by atoms with Gasteiger partial charge in [0.2, 0.25) is 0 Å². The van der Waals surface area contributed by atoms with Crippen LogP contribution in [-0.2, 0) is 0 Å². The number of aromatic nitrogens is 6. The summed E-state index contributed by atoms with van der Waals surface area (Å²) in [6.45, 7) is 0. The maximum atomic E-state index is 5.04. The summed E-state index contributed by atoms with van der Waals surface area (Å²) in [5.74, 6) is 2.58. The van der Waals surface area contributed by atoms with Crippen molar-refractivity contribution in [2.45, 2.75) is 0 Å². The van der Waals surface area contributed by atoms with Gasteiger partial charge in [-0.05, 0) is 40.8 Å². The van der Waals surface area contributed by atoms with Crippen molar-refractivity contribution >= 4 is 10.8 Å². The van der Waals surface area contributed by atoms with Crippen LogP contribution < -0.4 is 0 Å². The lowest BCUT2D eigenvalue weighted by Crippen LogP contribution is -2.00. The van der Waals surface area contributed by atoms with Gasteiger partial charge in [0.15, 0.2) is 23.3 Å². The maximum Gasteiger partial charge on any atom is 0.164 e. The number of benzene rings is 6. The fraction of sp³-hybridized carbons (Fsp3) is 0. The van der Waals surface area contributed by atoms with E-state index in [0.29, 0.717) is 23.3 Å². The molecular weight excluding hydrogens is 637 g/mol. The maximum absolute atomic E-state index is 5.04. The molecule has 0 unspecified atom stereocenters. The lowest BCUT2D eigenvalue weighted by molar-refractivity contribution is 1.07. The van der Waals surface area contributed by atoms with Gasteiger partial charge in [-0.25, -0.2) is 24.9 Å². The fourth-order valence-corrected chi connectivity index (χ4v) is 6.31. The van der Waals surface area contributed by atoms with Crippen molar-refractivity contribution in [1.82, 2.24) is 29.9 Å². The SMILES string of the molecule is c1ccc(-c2nc(-c3ccc(-c4cccc(-c5nc(-c6ccccc6)nc(-c6ccccc6)n5)c4)cc3)cc(-c3ccc4cnccc4c3)n2)cc1. The van der Waals surface area contributed by atoms with Gasteiger partial charge in [-0.2, -0.15) is 0 Å². The second kappa shape index (κ2) is 13.6. The van der Waals surface area contributed by atoms with Crippen LogP contribution in [0.3, 0.4) is 0 Å². The lowest BCUT2D eigenvalue weighted by Gasteiger charge is -2.11. The molecule has 0 fully saturated rings. The molecule has 0 saturated heterocycles. The van der Waals surface area contributed by atoms with Crippen LogP contribution in [0, 0.1) is 0 Å². The Labute approximate surface area is 301 Å². The van der Waals surface area contributed by atoms with Crippen molar-refractivity contribution < 1.29 is 0 Å².